The van der Waals surface area contributed by atoms with Crippen LogP contribution in [0.3, 0.4) is 0 Å². The fourth-order valence-corrected chi connectivity index (χ4v) is 5.57. The number of esters is 1. The van der Waals surface area contributed by atoms with Gasteiger partial charge in [0.15, 0.2) is 11.5 Å². The SMILES string of the molecule is COc1cc2c3c(c4ccc(OC(=O)c5ccco5)cc4c2cc1OC)[C@H](O)[C@@H]1CCCN1C3.Cl. The van der Waals surface area contributed by atoms with E-state index in [0.717, 1.165) is 58.6 Å². The summed E-state index contributed by atoms with van der Waals surface area (Å²) in [5, 5.41) is 15.2. The Morgan fingerprint density at radius 2 is 1.77 bits per heavy atom. The van der Waals surface area contributed by atoms with Gasteiger partial charge in [-0.25, -0.2) is 4.79 Å². The Morgan fingerprint density at radius 1 is 1.03 bits per heavy atom. The molecule has 8 heteroatoms. The minimum absolute atomic E-state index is 0. The van der Waals surface area contributed by atoms with Crippen molar-refractivity contribution in [3.8, 4) is 17.2 Å². The Balaban J connectivity index is 0.00000253. The fraction of sp³-hybridized carbons (Fsp3) is 0.296. The summed E-state index contributed by atoms with van der Waals surface area (Å²) in [7, 11) is 3.23. The van der Waals surface area contributed by atoms with Crippen molar-refractivity contribution in [1.29, 1.82) is 0 Å². The summed E-state index contributed by atoms with van der Waals surface area (Å²) in [5.74, 6) is 1.23. The highest BCUT2D eigenvalue weighted by atomic mass is 35.5. The zero-order chi connectivity index (χ0) is 23.4. The van der Waals surface area contributed by atoms with Crippen molar-refractivity contribution in [2.45, 2.75) is 31.5 Å². The van der Waals surface area contributed by atoms with Gasteiger partial charge in [-0.1, -0.05) is 6.07 Å². The Labute approximate surface area is 208 Å². The average Bonchev–Trinajstić information content (AvgIpc) is 3.56. The third-order valence-corrected chi connectivity index (χ3v) is 7.11. The van der Waals surface area contributed by atoms with E-state index in [1.807, 2.05) is 24.3 Å². The normalized spacial score (nSPS) is 19.2. The lowest BCUT2D eigenvalue weighted by Gasteiger charge is -2.37. The number of furan rings is 1. The van der Waals surface area contributed by atoms with E-state index >= 15 is 0 Å². The minimum atomic E-state index is -0.595. The van der Waals surface area contributed by atoms with Crippen molar-refractivity contribution in [1.82, 2.24) is 4.90 Å². The van der Waals surface area contributed by atoms with Gasteiger partial charge >= 0.3 is 5.97 Å². The summed E-state index contributed by atoms with van der Waals surface area (Å²) in [6.07, 6.45) is 2.90. The Hall–Kier alpha value is -3.26. The van der Waals surface area contributed by atoms with Crippen molar-refractivity contribution in [2.75, 3.05) is 20.8 Å². The molecule has 0 spiro atoms. The summed E-state index contributed by atoms with van der Waals surface area (Å²) in [6.45, 7) is 1.75. The van der Waals surface area contributed by atoms with Crippen LogP contribution >= 0.6 is 12.4 Å². The topological polar surface area (TPSA) is 81.4 Å². The Kier molecular flexibility index (Phi) is 6.09. The number of fused-ring (bicyclic) bond motifs is 7. The van der Waals surface area contributed by atoms with Gasteiger partial charge < -0.3 is 23.7 Å². The van der Waals surface area contributed by atoms with Crippen molar-refractivity contribution < 1.29 is 28.5 Å². The molecule has 2 aliphatic heterocycles. The molecule has 0 amide bonds. The predicted molar refractivity (Wildman–Crippen MR) is 134 cm³/mol. The maximum absolute atomic E-state index is 12.5. The molecule has 1 aromatic heterocycles. The molecule has 3 heterocycles. The van der Waals surface area contributed by atoms with Crippen LogP contribution in [0.1, 0.15) is 40.6 Å². The first kappa shape index (κ1) is 23.5. The molecular formula is C27H26ClNO6. The van der Waals surface area contributed by atoms with Gasteiger partial charge in [-0.05, 0) is 88.5 Å². The van der Waals surface area contributed by atoms with Crippen molar-refractivity contribution in [2.24, 2.45) is 0 Å². The molecule has 7 nitrogen and oxygen atoms in total. The predicted octanol–water partition coefficient (Wildman–Crippen LogP) is 5.26. The summed E-state index contributed by atoms with van der Waals surface area (Å²) < 4.78 is 22.0. The highest BCUT2D eigenvalue weighted by Crippen LogP contribution is 2.47. The van der Waals surface area contributed by atoms with E-state index in [1.165, 1.54) is 6.26 Å². The van der Waals surface area contributed by atoms with Crippen molar-refractivity contribution >= 4 is 39.9 Å². The second-order valence-corrected chi connectivity index (χ2v) is 8.84. The molecule has 0 aliphatic carbocycles. The van der Waals surface area contributed by atoms with Crippen molar-refractivity contribution in [3.05, 3.63) is 65.6 Å². The number of carbonyl (C=O) groups is 1. The van der Waals surface area contributed by atoms with Crippen LogP contribution in [0.2, 0.25) is 0 Å². The summed E-state index contributed by atoms with van der Waals surface area (Å²) in [6, 6.07) is 12.8. The van der Waals surface area contributed by atoms with Gasteiger partial charge in [0.1, 0.15) is 5.75 Å². The zero-order valence-corrected chi connectivity index (χ0v) is 20.3. The van der Waals surface area contributed by atoms with Crippen LogP contribution in [0.15, 0.2) is 53.1 Å². The number of methoxy groups -OCH3 is 2. The molecule has 1 N–H and O–H groups in total. The zero-order valence-electron chi connectivity index (χ0n) is 19.4. The highest BCUT2D eigenvalue weighted by molar-refractivity contribution is 6.12. The number of hydrogen-bond donors (Lipinski definition) is 1. The first-order chi connectivity index (χ1) is 16.6. The van der Waals surface area contributed by atoms with E-state index in [-0.39, 0.29) is 24.2 Å². The van der Waals surface area contributed by atoms with Crippen LogP contribution in [-0.4, -0.2) is 42.8 Å². The second-order valence-electron chi connectivity index (χ2n) is 8.84. The molecule has 0 unspecified atom stereocenters. The molecule has 1 fully saturated rings. The largest absolute Gasteiger partial charge is 0.493 e. The van der Waals surface area contributed by atoms with Gasteiger partial charge in [0.25, 0.3) is 0 Å². The molecule has 0 radical (unpaired) electrons. The number of benzene rings is 3. The molecule has 4 aromatic rings. The van der Waals surface area contributed by atoms with Crippen LogP contribution in [0.5, 0.6) is 17.2 Å². The molecule has 182 valence electrons. The lowest BCUT2D eigenvalue weighted by molar-refractivity contribution is 0.0552. The molecule has 0 bridgehead atoms. The van der Waals surface area contributed by atoms with E-state index in [2.05, 4.69) is 4.90 Å². The van der Waals surface area contributed by atoms with Crippen molar-refractivity contribution in [3.63, 3.8) is 0 Å². The Morgan fingerprint density at radius 3 is 2.49 bits per heavy atom. The maximum Gasteiger partial charge on any atom is 0.379 e. The van der Waals surface area contributed by atoms with E-state index in [0.29, 0.717) is 17.2 Å². The fourth-order valence-electron chi connectivity index (χ4n) is 5.57. The van der Waals surface area contributed by atoms with Crippen LogP contribution in [0, 0.1) is 0 Å². The highest BCUT2D eigenvalue weighted by Gasteiger charge is 2.39. The molecule has 1 saturated heterocycles. The molecule has 3 aromatic carbocycles. The van der Waals surface area contributed by atoms with E-state index in [4.69, 9.17) is 18.6 Å². The first-order valence-electron chi connectivity index (χ1n) is 11.4. The standard InChI is InChI=1S/C27H25NO6.ClH/c1-31-23-12-18-17-11-15(34-27(30)22-6-4-10-33-22)7-8-16(17)25-20(19(18)13-24(23)32-2)14-28-9-3-5-21(28)26(25)29;/h4,6-8,10-13,21,26,29H,3,5,9,14H2,1-2H3;1H/t21-,26+;/m0./s1. The number of nitrogens with zero attached hydrogens (tertiary/aromatic N) is 1. The molecule has 0 saturated carbocycles. The van der Waals surface area contributed by atoms with Crippen LogP contribution in [0.4, 0.5) is 0 Å². The number of rotatable bonds is 4. The smallest absolute Gasteiger partial charge is 0.379 e. The van der Waals surface area contributed by atoms with Gasteiger partial charge in [0, 0.05) is 12.6 Å². The van der Waals surface area contributed by atoms with Crippen LogP contribution < -0.4 is 14.2 Å². The lowest BCUT2D eigenvalue weighted by Crippen LogP contribution is -2.39. The van der Waals surface area contributed by atoms with E-state index < -0.39 is 12.1 Å². The van der Waals surface area contributed by atoms with Gasteiger partial charge in [0.2, 0.25) is 5.76 Å². The van der Waals surface area contributed by atoms with Gasteiger partial charge in [-0.15, -0.1) is 12.4 Å². The first-order valence-corrected chi connectivity index (χ1v) is 11.4. The average molecular weight is 496 g/mol. The number of ether oxygens (including phenoxy) is 3. The monoisotopic (exact) mass is 495 g/mol. The summed E-state index contributed by atoms with van der Waals surface area (Å²) in [4.78, 5) is 14.8. The third-order valence-electron chi connectivity index (χ3n) is 7.11. The Bertz CT molecular complexity index is 1420. The molecule has 35 heavy (non-hydrogen) atoms. The van der Waals surface area contributed by atoms with E-state index in [9.17, 15) is 9.90 Å². The van der Waals surface area contributed by atoms with Gasteiger partial charge in [-0.3, -0.25) is 4.90 Å². The van der Waals surface area contributed by atoms with Gasteiger partial charge in [0.05, 0.1) is 26.6 Å². The number of carbonyl (C=O) groups excluding carboxylic acids is 1. The minimum Gasteiger partial charge on any atom is -0.493 e. The number of hydrogen-bond acceptors (Lipinski definition) is 7. The van der Waals surface area contributed by atoms with E-state index in [1.54, 1.807) is 32.4 Å². The quantitative estimate of drug-likeness (QED) is 0.235. The lowest BCUT2D eigenvalue weighted by atomic mass is 9.83. The molecule has 6 rings (SSSR count). The van der Waals surface area contributed by atoms with Crippen LogP contribution in [-0.2, 0) is 6.54 Å². The van der Waals surface area contributed by atoms with Crippen LogP contribution in [0.25, 0.3) is 21.5 Å². The molecule has 2 atom stereocenters. The summed E-state index contributed by atoms with van der Waals surface area (Å²) >= 11 is 0. The number of aliphatic hydroxyl groups excluding tert-OH is 1. The molecule has 2 aliphatic rings. The van der Waals surface area contributed by atoms with Gasteiger partial charge in [-0.2, -0.15) is 0 Å². The molecular weight excluding hydrogens is 470 g/mol. The maximum atomic E-state index is 12.5. The second kappa shape index (κ2) is 9.07. The summed E-state index contributed by atoms with van der Waals surface area (Å²) in [5.41, 5.74) is 2.05. The third kappa shape index (κ3) is 3.71. The number of aliphatic hydroxyl groups is 1. The number of halogens is 1.